The van der Waals surface area contributed by atoms with Gasteiger partial charge in [-0.05, 0) is 91.8 Å². The number of fused-ring (bicyclic) bond motifs is 2. The van der Waals surface area contributed by atoms with Crippen LogP contribution in [-0.4, -0.2) is 41.4 Å². The average molecular weight is 775 g/mol. The smallest absolute Gasteiger partial charge is 0.262 e. The number of thioether (sulfide) groups is 2. The molecule has 0 unspecified atom stereocenters. The van der Waals surface area contributed by atoms with Gasteiger partial charge in [0, 0.05) is 24.5 Å². The number of nitrogens with one attached hydrogen (secondary N) is 2. The lowest BCUT2D eigenvalue weighted by molar-refractivity contribution is -0.116. The summed E-state index contributed by atoms with van der Waals surface area (Å²) in [5.74, 6) is -0.345. The zero-order valence-corrected chi connectivity index (χ0v) is 33.2. The molecule has 0 saturated carbocycles. The van der Waals surface area contributed by atoms with E-state index in [4.69, 9.17) is 9.97 Å². The van der Waals surface area contributed by atoms with Crippen LogP contribution >= 0.6 is 23.5 Å². The lowest BCUT2D eigenvalue weighted by atomic mass is 10.1. The highest BCUT2D eigenvalue weighted by molar-refractivity contribution is 8.00. The predicted octanol–water partition coefficient (Wildman–Crippen LogP) is 8.34. The van der Waals surface area contributed by atoms with Gasteiger partial charge in [0.2, 0.25) is 11.8 Å². The number of hydrogen-bond donors (Lipinski definition) is 2. The van der Waals surface area contributed by atoms with Crippen LogP contribution in [-0.2, 0) is 35.5 Å². The summed E-state index contributed by atoms with van der Waals surface area (Å²) in [6, 6.07) is 29.9. The van der Waals surface area contributed by atoms with Gasteiger partial charge in [-0.3, -0.25) is 28.3 Å². The van der Waals surface area contributed by atoms with E-state index < -0.39 is 10.5 Å². The SMILES string of the molecule is CCc1ccc(NC(=O)[C@H](CC)Sc2nc3ccccc3c(=O)n2CCCn2c(S[C@H](CC)C(=O)Nc3ccc(CC)cc3)nc3ccccc3c2=O)cc1. The molecule has 12 heteroatoms. The minimum Gasteiger partial charge on any atom is -0.325 e. The van der Waals surface area contributed by atoms with Gasteiger partial charge >= 0.3 is 0 Å². The van der Waals surface area contributed by atoms with Gasteiger partial charge in [0.25, 0.3) is 11.1 Å². The molecule has 284 valence electrons. The molecule has 0 aliphatic heterocycles. The molecular formula is C43H46N6O4S2. The summed E-state index contributed by atoms with van der Waals surface area (Å²) in [4.78, 5) is 64.8. The number of rotatable bonds is 16. The van der Waals surface area contributed by atoms with E-state index in [-0.39, 0.29) is 36.0 Å². The quantitative estimate of drug-likeness (QED) is 0.0743. The summed E-state index contributed by atoms with van der Waals surface area (Å²) in [5, 5.41) is 6.83. The molecule has 0 spiro atoms. The lowest BCUT2D eigenvalue weighted by Crippen LogP contribution is -2.30. The summed E-state index contributed by atoms with van der Waals surface area (Å²) in [6.45, 7) is 8.52. The molecule has 0 radical (unpaired) electrons. The van der Waals surface area contributed by atoms with Crippen molar-refractivity contribution in [3.63, 3.8) is 0 Å². The van der Waals surface area contributed by atoms with Gasteiger partial charge in [0.1, 0.15) is 0 Å². The van der Waals surface area contributed by atoms with Gasteiger partial charge in [-0.1, -0.05) is 99.7 Å². The first-order valence-electron chi connectivity index (χ1n) is 18.8. The maximum absolute atomic E-state index is 14.0. The molecule has 2 N–H and O–H groups in total. The number of carbonyl (C=O) groups is 2. The van der Waals surface area contributed by atoms with Crippen LogP contribution in [0.25, 0.3) is 21.8 Å². The number of benzene rings is 4. The van der Waals surface area contributed by atoms with E-state index >= 15 is 0 Å². The fourth-order valence-corrected chi connectivity index (χ4v) is 8.33. The minimum atomic E-state index is -0.512. The Morgan fingerprint density at radius 2 is 0.964 bits per heavy atom. The van der Waals surface area contributed by atoms with Crippen molar-refractivity contribution >= 4 is 68.5 Å². The van der Waals surface area contributed by atoms with Crippen molar-refractivity contribution in [1.82, 2.24) is 19.1 Å². The Kier molecular flexibility index (Phi) is 13.2. The van der Waals surface area contributed by atoms with E-state index in [1.807, 2.05) is 74.5 Å². The normalized spacial score (nSPS) is 12.4. The molecule has 10 nitrogen and oxygen atoms in total. The number of nitrogens with zero attached hydrogens (tertiary/aromatic N) is 4. The van der Waals surface area contributed by atoms with E-state index in [0.717, 1.165) is 12.8 Å². The second kappa shape index (κ2) is 18.4. The maximum atomic E-state index is 14.0. The number of para-hydroxylation sites is 2. The highest BCUT2D eigenvalue weighted by Gasteiger charge is 2.24. The Morgan fingerprint density at radius 1 is 0.582 bits per heavy atom. The highest BCUT2D eigenvalue weighted by Crippen LogP contribution is 2.28. The molecule has 4 aromatic carbocycles. The van der Waals surface area contributed by atoms with Crippen LogP contribution in [0.2, 0.25) is 0 Å². The number of hydrogen-bond acceptors (Lipinski definition) is 8. The van der Waals surface area contributed by atoms with E-state index in [9.17, 15) is 19.2 Å². The summed E-state index contributed by atoms with van der Waals surface area (Å²) in [5.41, 5.74) is 4.45. The highest BCUT2D eigenvalue weighted by atomic mass is 32.2. The van der Waals surface area contributed by atoms with Crippen molar-refractivity contribution in [2.24, 2.45) is 0 Å². The molecule has 0 saturated heterocycles. The van der Waals surface area contributed by atoms with E-state index in [0.29, 0.717) is 62.8 Å². The van der Waals surface area contributed by atoms with Crippen molar-refractivity contribution in [1.29, 1.82) is 0 Å². The van der Waals surface area contributed by atoms with Crippen molar-refractivity contribution in [2.45, 2.75) is 93.7 Å². The molecule has 0 aliphatic rings. The first-order valence-corrected chi connectivity index (χ1v) is 20.6. The van der Waals surface area contributed by atoms with Crippen molar-refractivity contribution in [3.05, 3.63) is 129 Å². The van der Waals surface area contributed by atoms with Crippen LogP contribution < -0.4 is 21.8 Å². The maximum Gasteiger partial charge on any atom is 0.262 e. The van der Waals surface area contributed by atoms with Crippen molar-refractivity contribution in [2.75, 3.05) is 10.6 Å². The third-order valence-corrected chi connectivity index (χ3v) is 12.2. The zero-order valence-electron chi connectivity index (χ0n) is 31.6. The monoisotopic (exact) mass is 774 g/mol. The topological polar surface area (TPSA) is 128 Å². The Morgan fingerprint density at radius 3 is 1.33 bits per heavy atom. The number of carbonyl (C=O) groups excluding carboxylic acids is 2. The van der Waals surface area contributed by atoms with E-state index in [1.54, 1.807) is 45.5 Å². The molecule has 6 aromatic rings. The van der Waals surface area contributed by atoms with Gasteiger partial charge in [-0.2, -0.15) is 0 Å². The van der Waals surface area contributed by atoms with Crippen LogP contribution in [0.5, 0.6) is 0 Å². The van der Waals surface area contributed by atoms with E-state index in [2.05, 4.69) is 24.5 Å². The molecular weight excluding hydrogens is 729 g/mol. The van der Waals surface area contributed by atoms with Crippen LogP contribution in [0.1, 0.15) is 58.1 Å². The van der Waals surface area contributed by atoms with Gasteiger partial charge in [0.05, 0.1) is 32.3 Å². The second-order valence-corrected chi connectivity index (χ2v) is 15.5. The average Bonchev–Trinajstić information content (AvgIpc) is 3.21. The number of anilines is 2. The Labute approximate surface area is 329 Å². The lowest BCUT2D eigenvalue weighted by Gasteiger charge is -2.20. The Bertz CT molecular complexity index is 2240. The fraction of sp³-hybridized carbons (Fsp3) is 0.302. The van der Waals surface area contributed by atoms with Crippen molar-refractivity contribution < 1.29 is 9.59 Å². The largest absolute Gasteiger partial charge is 0.325 e. The summed E-state index contributed by atoms with van der Waals surface area (Å²) >= 11 is 2.52. The molecule has 2 atom stereocenters. The molecule has 0 fully saturated rings. The van der Waals surface area contributed by atoms with Gasteiger partial charge in [0.15, 0.2) is 10.3 Å². The summed E-state index contributed by atoms with van der Waals surface area (Å²) in [6.07, 6.45) is 3.23. The first kappa shape index (κ1) is 39.5. The number of aromatic nitrogens is 4. The van der Waals surface area contributed by atoms with Crippen LogP contribution in [0, 0.1) is 0 Å². The standard InChI is InChI=1S/C43H46N6O4S2/c1-5-28-18-22-30(23-19-28)44-38(50)36(7-3)54-42-46-34-16-11-9-14-32(34)40(52)48(42)26-13-27-49-41(53)33-15-10-12-17-35(33)47-43(49)55-37(8-4)39(51)45-31-24-20-29(6-2)21-25-31/h9-12,14-25,36-37H,5-8,13,26-27H2,1-4H3,(H,44,50)(H,45,51)/t36-,37+. The third kappa shape index (κ3) is 9.37. The van der Waals surface area contributed by atoms with Crippen LogP contribution in [0.4, 0.5) is 11.4 Å². The molecule has 2 aromatic heterocycles. The summed E-state index contributed by atoms with van der Waals surface area (Å²) in [7, 11) is 0. The zero-order chi connectivity index (χ0) is 38.9. The van der Waals surface area contributed by atoms with Gasteiger partial charge in [-0.25, -0.2) is 9.97 Å². The Hall–Kier alpha value is -5.20. The molecule has 2 amide bonds. The van der Waals surface area contributed by atoms with Gasteiger partial charge < -0.3 is 10.6 Å². The second-order valence-electron chi connectivity index (χ2n) is 13.2. The molecule has 0 aliphatic carbocycles. The first-order chi connectivity index (χ1) is 26.7. The summed E-state index contributed by atoms with van der Waals surface area (Å²) < 4.78 is 3.22. The molecule has 6 rings (SSSR count). The predicted molar refractivity (Wildman–Crippen MR) is 225 cm³/mol. The third-order valence-electron chi connectivity index (χ3n) is 9.50. The van der Waals surface area contributed by atoms with Crippen LogP contribution in [0.3, 0.4) is 0 Å². The van der Waals surface area contributed by atoms with Crippen LogP contribution in [0.15, 0.2) is 117 Å². The molecule has 55 heavy (non-hydrogen) atoms. The molecule has 0 bridgehead atoms. The minimum absolute atomic E-state index is 0.173. The van der Waals surface area contributed by atoms with E-state index in [1.165, 1.54) is 34.7 Å². The number of amides is 2. The van der Waals surface area contributed by atoms with Crippen molar-refractivity contribution in [3.8, 4) is 0 Å². The fourth-order valence-electron chi connectivity index (χ4n) is 6.25. The van der Waals surface area contributed by atoms with Gasteiger partial charge in [-0.15, -0.1) is 0 Å². The Balaban J connectivity index is 1.26. The number of aryl methyl sites for hydroxylation is 2. The molecule has 2 heterocycles.